The minimum atomic E-state index is 0. The van der Waals surface area contributed by atoms with Gasteiger partial charge in [0.1, 0.15) is 5.69 Å². The number of rotatable bonds is 1. The molecule has 0 saturated carbocycles. The zero-order valence-corrected chi connectivity index (χ0v) is 10.9. The molecule has 2 aromatic rings. The number of aromatic hydroxyl groups is 1. The van der Waals surface area contributed by atoms with Gasteiger partial charge in [-0.1, -0.05) is 6.07 Å². The van der Waals surface area contributed by atoms with Crippen molar-refractivity contribution in [3.63, 3.8) is 0 Å². The van der Waals surface area contributed by atoms with Crippen molar-refractivity contribution in [2.24, 2.45) is 0 Å². The van der Waals surface area contributed by atoms with Crippen molar-refractivity contribution in [3.05, 3.63) is 42.1 Å². The summed E-state index contributed by atoms with van der Waals surface area (Å²) in [6, 6.07) is 9.35. The van der Waals surface area contributed by atoms with E-state index in [2.05, 4.69) is 10.7 Å². The maximum Gasteiger partial charge on any atom is 0.253 e. The number of aromatic amines is 1. The summed E-state index contributed by atoms with van der Waals surface area (Å²) < 4.78 is 0. The number of aromatic nitrogens is 1. The van der Waals surface area contributed by atoms with Crippen LogP contribution in [0.1, 0.15) is 5.56 Å². The van der Waals surface area contributed by atoms with Gasteiger partial charge in [0, 0.05) is 17.7 Å². The fraction of sp³-hybridized carbons (Fsp3) is 0.0833. The normalized spacial score (nSPS) is 9.06. The summed E-state index contributed by atoms with van der Waals surface area (Å²) in [5.41, 5.74) is 7.74. The van der Waals surface area contributed by atoms with Crippen LogP contribution in [0.3, 0.4) is 0 Å². The van der Waals surface area contributed by atoms with E-state index in [9.17, 15) is 5.11 Å². The smallest absolute Gasteiger partial charge is 0.253 e. The molecule has 5 N–H and O–H groups in total. The van der Waals surface area contributed by atoms with Gasteiger partial charge in [-0.2, -0.15) is 0 Å². The van der Waals surface area contributed by atoms with Crippen LogP contribution in [0.2, 0.25) is 0 Å². The Balaban J connectivity index is 0.00000128. The molecule has 1 aromatic carbocycles. The van der Waals surface area contributed by atoms with Crippen LogP contribution in [0.25, 0.3) is 11.3 Å². The second kappa shape index (κ2) is 6.45. The third kappa shape index (κ3) is 3.33. The molecule has 0 bridgehead atoms. The average Bonchev–Trinajstić information content (AvgIpc) is 2.23. The average molecular weight is 273 g/mol. The first-order chi connectivity index (χ1) is 7.18. The zero-order chi connectivity index (χ0) is 10.8. The van der Waals surface area contributed by atoms with E-state index < -0.39 is 0 Å². The van der Waals surface area contributed by atoms with Gasteiger partial charge in [-0.25, -0.2) is 4.98 Å². The maximum absolute atomic E-state index is 9.67. The van der Waals surface area contributed by atoms with Crippen LogP contribution < -0.4 is 35.5 Å². The Morgan fingerprint density at radius 2 is 1.88 bits per heavy atom. The van der Waals surface area contributed by atoms with Gasteiger partial charge >= 0.3 is 0 Å². The van der Waals surface area contributed by atoms with Crippen molar-refractivity contribution in [2.75, 3.05) is 0 Å². The van der Waals surface area contributed by atoms with E-state index >= 15 is 0 Å². The summed E-state index contributed by atoms with van der Waals surface area (Å²) in [7, 11) is 0. The fourth-order valence-corrected chi connectivity index (χ4v) is 1.49. The molecule has 0 radical (unpaired) electrons. The third-order valence-corrected chi connectivity index (χ3v) is 2.47. The van der Waals surface area contributed by atoms with Gasteiger partial charge in [0.2, 0.25) is 0 Å². The molecule has 0 unspecified atom stereocenters. The van der Waals surface area contributed by atoms with E-state index in [1.165, 1.54) is 0 Å². The molecule has 0 atom stereocenters. The molecule has 92 valence electrons. The molecular weight excluding hydrogens is 259 g/mol. The van der Waals surface area contributed by atoms with Crippen molar-refractivity contribution in [1.82, 2.24) is 0 Å². The summed E-state index contributed by atoms with van der Waals surface area (Å²) in [5, 5.41) is 9.67. The molecule has 0 amide bonds. The van der Waals surface area contributed by atoms with Gasteiger partial charge in [-0.15, -0.1) is 0 Å². The highest BCUT2D eigenvalue weighted by Gasteiger charge is 2.12. The number of hydrogen-bond acceptors (Lipinski definition) is 1. The lowest BCUT2D eigenvalue weighted by Gasteiger charge is -2.00. The van der Waals surface area contributed by atoms with Crippen molar-refractivity contribution in [2.45, 2.75) is 6.92 Å². The zero-order valence-electron chi connectivity index (χ0n) is 9.37. The van der Waals surface area contributed by atoms with Crippen LogP contribution in [-0.4, -0.2) is 5.11 Å². The van der Waals surface area contributed by atoms with E-state index in [4.69, 9.17) is 0 Å². The number of nitrogens with one attached hydrogen (secondary N) is 1. The van der Waals surface area contributed by atoms with E-state index in [1.807, 2.05) is 25.1 Å². The molecule has 0 aliphatic rings. The lowest BCUT2D eigenvalue weighted by Crippen LogP contribution is -3.00. The summed E-state index contributed by atoms with van der Waals surface area (Å²) in [5.74, 6) is 0.251. The molecule has 17 heavy (non-hydrogen) atoms. The Kier molecular flexibility index (Phi) is 5.96. The van der Waals surface area contributed by atoms with Crippen LogP contribution in [-0.2, 0) is 0 Å². The molecule has 0 aliphatic carbocycles. The second-order valence-corrected chi connectivity index (χ2v) is 3.57. The van der Waals surface area contributed by atoms with Gasteiger partial charge in [-0.3, -0.25) is 0 Å². The molecule has 2 rings (SSSR count). The van der Waals surface area contributed by atoms with E-state index in [-0.39, 0.29) is 30.6 Å². The predicted octanol–water partition coefficient (Wildman–Crippen LogP) is -4.94. The first-order valence-electron chi connectivity index (χ1n) is 4.81. The monoisotopic (exact) mass is 272 g/mol. The van der Waals surface area contributed by atoms with Crippen molar-refractivity contribution >= 4 is 5.69 Å². The molecule has 0 aliphatic heterocycles. The number of halogens is 2. The molecule has 1 heterocycles. The van der Waals surface area contributed by atoms with Gasteiger partial charge in [-0.05, 0) is 19.1 Å². The first-order valence-corrected chi connectivity index (χ1v) is 4.81. The predicted molar refractivity (Wildman–Crippen MR) is 57.4 cm³/mol. The van der Waals surface area contributed by atoms with E-state index in [1.54, 1.807) is 18.3 Å². The van der Waals surface area contributed by atoms with Crippen LogP contribution in [0.15, 0.2) is 36.5 Å². The quantitative estimate of drug-likeness (QED) is 0.537. The Bertz CT molecular complexity index is 504. The molecule has 0 spiro atoms. The summed E-state index contributed by atoms with van der Waals surface area (Å²) in [4.78, 5) is 3.02. The Hall–Kier alpha value is -1.29. The second-order valence-electron chi connectivity index (χ2n) is 3.57. The molecule has 3 nitrogen and oxygen atoms in total. The van der Waals surface area contributed by atoms with Gasteiger partial charge in [0.05, 0.1) is 5.56 Å². The fourth-order valence-electron chi connectivity index (χ4n) is 1.49. The number of quaternary nitrogens is 1. The van der Waals surface area contributed by atoms with Gasteiger partial charge in [0.25, 0.3) is 5.69 Å². The first kappa shape index (κ1) is 15.7. The van der Waals surface area contributed by atoms with Gasteiger partial charge in [0.15, 0.2) is 11.9 Å². The molecular formula is C12H14Cl2N2O. The number of hydrogen-bond donors (Lipinski definition) is 2. The van der Waals surface area contributed by atoms with Crippen LogP contribution in [0.4, 0.5) is 5.69 Å². The van der Waals surface area contributed by atoms with Gasteiger partial charge < -0.3 is 35.7 Å². The SMILES string of the molecule is Cc1ccc(-c2[nH+]cccc2O)cc1[NH3+].[Cl-].[Cl-]. The molecule has 5 heteroatoms. The van der Waals surface area contributed by atoms with E-state index in [0.29, 0.717) is 0 Å². The van der Waals surface area contributed by atoms with E-state index in [0.717, 1.165) is 22.5 Å². The highest BCUT2D eigenvalue weighted by atomic mass is 35.5. The highest BCUT2D eigenvalue weighted by Crippen LogP contribution is 2.25. The maximum atomic E-state index is 9.67. The highest BCUT2D eigenvalue weighted by molar-refractivity contribution is 5.66. The largest absolute Gasteiger partial charge is 1.00 e. The number of aryl methyl sites for hydroxylation is 1. The minimum Gasteiger partial charge on any atom is -1.00 e. The molecule has 1 aromatic heterocycles. The van der Waals surface area contributed by atoms with Crippen molar-refractivity contribution < 1.29 is 40.6 Å². The van der Waals surface area contributed by atoms with Crippen LogP contribution >= 0.6 is 0 Å². The molecule has 0 saturated heterocycles. The van der Waals surface area contributed by atoms with Crippen molar-refractivity contribution in [1.29, 1.82) is 0 Å². The Morgan fingerprint density at radius 1 is 1.18 bits per heavy atom. The third-order valence-electron chi connectivity index (χ3n) is 2.47. The molecule has 0 fully saturated rings. The van der Waals surface area contributed by atoms with Crippen LogP contribution in [0.5, 0.6) is 5.75 Å². The number of pyridine rings is 1. The Morgan fingerprint density at radius 3 is 2.47 bits per heavy atom. The minimum absolute atomic E-state index is 0. The number of benzene rings is 1. The topological polar surface area (TPSA) is 62.0 Å². The Labute approximate surface area is 113 Å². The van der Waals surface area contributed by atoms with Crippen LogP contribution in [0, 0.1) is 6.92 Å². The summed E-state index contributed by atoms with van der Waals surface area (Å²) in [6.07, 6.45) is 1.79. The van der Waals surface area contributed by atoms with Crippen molar-refractivity contribution in [3.8, 4) is 17.0 Å². The standard InChI is InChI=1S/C12H12N2O.2ClH/c1-8-4-5-9(7-10(8)13)12-11(15)3-2-6-14-12;;/h2-7,15H,13H2,1H3;2*1H. The summed E-state index contributed by atoms with van der Waals surface area (Å²) in [6.45, 7) is 2.01. The lowest BCUT2D eigenvalue weighted by atomic mass is 10.1. The summed E-state index contributed by atoms with van der Waals surface area (Å²) >= 11 is 0. The lowest BCUT2D eigenvalue weighted by molar-refractivity contribution is -0.365. The number of H-pyrrole nitrogens is 1.